The summed E-state index contributed by atoms with van der Waals surface area (Å²) in [5, 5.41) is 3.68. The molecule has 0 bridgehead atoms. The summed E-state index contributed by atoms with van der Waals surface area (Å²) in [5.41, 5.74) is 2.98. The maximum atomic E-state index is 5.79. The molecule has 0 saturated heterocycles. The Balaban J connectivity index is 1.91. The molecule has 1 aliphatic heterocycles. The maximum Gasteiger partial charge on any atom is 0.123 e. The highest BCUT2D eigenvalue weighted by Crippen LogP contribution is 2.43. The fourth-order valence-electron chi connectivity index (χ4n) is 3.28. The van der Waals surface area contributed by atoms with Crippen molar-refractivity contribution < 1.29 is 4.74 Å². The molecule has 0 radical (unpaired) electrons. The smallest absolute Gasteiger partial charge is 0.123 e. The molecule has 1 aromatic rings. The van der Waals surface area contributed by atoms with Crippen molar-refractivity contribution in [2.75, 3.05) is 13.2 Å². The lowest BCUT2D eigenvalue weighted by Gasteiger charge is -2.35. The number of benzene rings is 1. The molecule has 0 spiro atoms. The SMILES string of the molecule is CCNC(c1ccc2c(c1)C(C)(C)CO2)C1CCC1. The van der Waals surface area contributed by atoms with Crippen LogP contribution in [0.15, 0.2) is 18.2 Å². The van der Waals surface area contributed by atoms with E-state index in [2.05, 4.69) is 44.3 Å². The summed E-state index contributed by atoms with van der Waals surface area (Å²) in [4.78, 5) is 0. The van der Waals surface area contributed by atoms with Crippen molar-refractivity contribution in [1.82, 2.24) is 5.32 Å². The number of hydrogen-bond donors (Lipinski definition) is 1. The van der Waals surface area contributed by atoms with E-state index in [9.17, 15) is 0 Å². The van der Waals surface area contributed by atoms with Gasteiger partial charge in [0.05, 0.1) is 6.61 Å². The number of ether oxygens (including phenoxy) is 1. The Morgan fingerprint density at radius 2 is 2.16 bits per heavy atom. The van der Waals surface area contributed by atoms with Gasteiger partial charge in [-0.25, -0.2) is 0 Å². The minimum absolute atomic E-state index is 0.154. The molecule has 1 atom stereocenters. The van der Waals surface area contributed by atoms with E-state index in [-0.39, 0.29) is 5.41 Å². The van der Waals surface area contributed by atoms with Crippen LogP contribution in [-0.2, 0) is 5.41 Å². The molecule has 1 aromatic carbocycles. The first-order valence-electron chi connectivity index (χ1n) is 7.62. The van der Waals surface area contributed by atoms with E-state index in [1.54, 1.807) is 0 Å². The summed E-state index contributed by atoms with van der Waals surface area (Å²) < 4.78 is 5.79. The molecular formula is C17H25NO. The van der Waals surface area contributed by atoms with E-state index in [1.165, 1.54) is 30.4 Å². The lowest BCUT2D eigenvalue weighted by molar-refractivity contribution is 0.233. The Bertz CT molecular complexity index is 462. The normalized spacial score (nSPS) is 22.5. The van der Waals surface area contributed by atoms with Gasteiger partial charge in [0.1, 0.15) is 5.75 Å². The van der Waals surface area contributed by atoms with Crippen LogP contribution in [0, 0.1) is 5.92 Å². The summed E-state index contributed by atoms with van der Waals surface area (Å²) in [6.45, 7) is 8.59. The lowest BCUT2D eigenvalue weighted by atomic mass is 9.76. The highest BCUT2D eigenvalue weighted by atomic mass is 16.5. The number of fused-ring (bicyclic) bond motifs is 1. The Labute approximate surface area is 116 Å². The predicted octanol–water partition coefficient (Wildman–Crippen LogP) is 3.81. The van der Waals surface area contributed by atoms with E-state index in [0.29, 0.717) is 6.04 Å². The molecule has 1 N–H and O–H groups in total. The molecule has 1 heterocycles. The van der Waals surface area contributed by atoms with Gasteiger partial charge in [0, 0.05) is 17.0 Å². The van der Waals surface area contributed by atoms with Gasteiger partial charge < -0.3 is 10.1 Å². The van der Waals surface area contributed by atoms with Crippen molar-refractivity contribution in [3.05, 3.63) is 29.3 Å². The van der Waals surface area contributed by atoms with Crippen LogP contribution < -0.4 is 10.1 Å². The van der Waals surface area contributed by atoms with Crippen LogP contribution in [0.25, 0.3) is 0 Å². The quantitative estimate of drug-likeness (QED) is 0.888. The summed E-state index contributed by atoms with van der Waals surface area (Å²) in [6, 6.07) is 7.34. The Morgan fingerprint density at radius 3 is 2.79 bits per heavy atom. The van der Waals surface area contributed by atoms with Crippen LogP contribution in [-0.4, -0.2) is 13.2 Å². The minimum Gasteiger partial charge on any atom is -0.492 e. The molecule has 104 valence electrons. The molecule has 1 aliphatic carbocycles. The van der Waals surface area contributed by atoms with Crippen molar-refractivity contribution in [3.63, 3.8) is 0 Å². The lowest BCUT2D eigenvalue weighted by Crippen LogP contribution is -2.32. The zero-order valence-electron chi connectivity index (χ0n) is 12.3. The average Bonchev–Trinajstić information content (AvgIpc) is 2.62. The van der Waals surface area contributed by atoms with Gasteiger partial charge in [-0.15, -0.1) is 0 Å². The fourth-order valence-corrected chi connectivity index (χ4v) is 3.28. The summed E-state index contributed by atoms with van der Waals surface area (Å²) in [6.07, 6.45) is 4.13. The monoisotopic (exact) mass is 259 g/mol. The third kappa shape index (κ3) is 2.27. The molecule has 2 aliphatic rings. The molecule has 1 saturated carbocycles. The highest BCUT2D eigenvalue weighted by molar-refractivity contribution is 5.46. The van der Waals surface area contributed by atoms with Gasteiger partial charge in [-0.2, -0.15) is 0 Å². The third-order valence-electron chi connectivity index (χ3n) is 4.73. The van der Waals surface area contributed by atoms with Crippen LogP contribution in [0.2, 0.25) is 0 Å². The molecule has 0 aromatic heterocycles. The van der Waals surface area contributed by atoms with E-state index in [1.807, 2.05) is 0 Å². The molecule has 1 unspecified atom stereocenters. The van der Waals surface area contributed by atoms with Crippen LogP contribution in [0.4, 0.5) is 0 Å². The largest absolute Gasteiger partial charge is 0.492 e. The Morgan fingerprint density at radius 1 is 1.37 bits per heavy atom. The second-order valence-corrected chi connectivity index (χ2v) is 6.65. The number of hydrogen-bond acceptors (Lipinski definition) is 2. The zero-order valence-corrected chi connectivity index (χ0v) is 12.3. The topological polar surface area (TPSA) is 21.3 Å². The van der Waals surface area contributed by atoms with Crippen molar-refractivity contribution in [3.8, 4) is 5.75 Å². The first-order chi connectivity index (χ1) is 9.12. The van der Waals surface area contributed by atoms with Gasteiger partial charge >= 0.3 is 0 Å². The molecule has 3 rings (SSSR count). The fraction of sp³-hybridized carbons (Fsp3) is 0.647. The van der Waals surface area contributed by atoms with Crippen molar-refractivity contribution in [1.29, 1.82) is 0 Å². The molecule has 1 fully saturated rings. The molecule has 19 heavy (non-hydrogen) atoms. The molecule has 2 nitrogen and oxygen atoms in total. The van der Waals surface area contributed by atoms with Gasteiger partial charge in [0.2, 0.25) is 0 Å². The zero-order chi connectivity index (χ0) is 13.5. The maximum absolute atomic E-state index is 5.79. The van der Waals surface area contributed by atoms with Gasteiger partial charge in [-0.3, -0.25) is 0 Å². The van der Waals surface area contributed by atoms with Gasteiger partial charge in [0.15, 0.2) is 0 Å². The van der Waals surface area contributed by atoms with E-state index in [4.69, 9.17) is 4.74 Å². The second-order valence-electron chi connectivity index (χ2n) is 6.65. The Kier molecular flexibility index (Phi) is 3.30. The highest BCUT2D eigenvalue weighted by Gasteiger charge is 2.34. The van der Waals surface area contributed by atoms with Crippen molar-refractivity contribution >= 4 is 0 Å². The molecule has 2 heteroatoms. The number of nitrogens with one attached hydrogen (secondary N) is 1. The van der Waals surface area contributed by atoms with Crippen LogP contribution >= 0.6 is 0 Å². The predicted molar refractivity (Wildman–Crippen MR) is 78.7 cm³/mol. The van der Waals surface area contributed by atoms with Gasteiger partial charge in [0.25, 0.3) is 0 Å². The molecular weight excluding hydrogens is 234 g/mol. The third-order valence-corrected chi connectivity index (χ3v) is 4.73. The first-order valence-corrected chi connectivity index (χ1v) is 7.62. The Hall–Kier alpha value is -1.02. The molecule has 0 amide bonds. The van der Waals surface area contributed by atoms with Crippen LogP contribution in [0.5, 0.6) is 5.75 Å². The summed E-state index contributed by atoms with van der Waals surface area (Å²) in [5.74, 6) is 1.90. The standard InChI is InChI=1S/C17H25NO/c1-4-18-16(12-6-5-7-12)13-8-9-15-14(10-13)17(2,3)11-19-15/h8-10,12,16,18H,4-7,11H2,1-3H3. The van der Waals surface area contributed by atoms with Gasteiger partial charge in [-0.05, 0) is 43.0 Å². The van der Waals surface area contributed by atoms with Crippen molar-refractivity contribution in [2.45, 2.75) is 51.5 Å². The van der Waals surface area contributed by atoms with Crippen LogP contribution in [0.3, 0.4) is 0 Å². The summed E-state index contributed by atoms with van der Waals surface area (Å²) in [7, 11) is 0. The van der Waals surface area contributed by atoms with Crippen molar-refractivity contribution in [2.24, 2.45) is 5.92 Å². The van der Waals surface area contributed by atoms with E-state index < -0.39 is 0 Å². The first kappa shape index (κ1) is 13.0. The second kappa shape index (κ2) is 4.82. The average molecular weight is 259 g/mol. The summed E-state index contributed by atoms with van der Waals surface area (Å²) >= 11 is 0. The minimum atomic E-state index is 0.154. The number of rotatable bonds is 4. The van der Waals surface area contributed by atoms with Crippen LogP contribution in [0.1, 0.15) is 57.2 Å². The van der Waals surface area contributed by atoms with E-state index >= 15 is 0 Å². The van der Waals surface area contributed by atoms with E-state index in [0.717, 1.165) is 24.8 Å². The van der Waals surface area contributed by atoms with Gasteiger partial charge in [-0.1, -0.05) is 33.3 Å².